The Balaban J connectivity index is 2.24. The predicted octanol–water partition coefficient (Wildman–Crippen LogP) is 9.75. The monoisotopic (exact) mass is 779 g/mol. The van der Waals surface area contributed by atoms with E-state index in [0.717, 1.165) is 64.2 Å². The number of aliphatic hydroxyl groups is 4. The summed E-state index contributed by atoms with van der Waals surface area (Å²) in [5.74, 6) is -0.323. The van der Waals surface area contributed by atoms with E-state index in [2.05, 4.69) is 62.5 Å². The van der Waals surface area contributed by atoms with Crippen LogP contribution in [0, 0.1) is 0 Å². The van der Waals surface area contributed by atoms with Crippen molar-refractivity contribution in [2.24, 2.45) is 0 Å². The molecule has 320 valence electrons. The summed E-state index contributed by atoms with van der Waals surface area (Å²) in [5, 5.41) is 40.1. The lowest BCUT2D eigenvalue weighted by Crippen LogP contribution is -2.59. The molecule has 0 spiro atoms. The molecule has 0 radical (unpaired) electrons. The highest BCUT2D eigenvalue weighted by Crippen LogP contribution is 2.22. The molecular formula is C46H82O9. The van der Waals surface area contributed by atoms with Crippen LogP contribution in [0.4, 0.5) is 0 Å². The van der Waals surface area contributed by atoms with Gasteiger partial charge in [0.1, 0.15) is 30.5 Å². The molecule has 0 aromatic rings. The van der Waals surface area contributed by atoms with Crippen molar-refractivity contribution in [2.75, 3.05) is 26.4 Å². The minimum Gasteiger partial charge on any atom is -0.457 e. The zero-order valence-electron chi connectivity index (χ0n) is 34.9. The molecule has 1 rings (SSSR count). The van der Waals surface area contributed by atoms with Gasteiger partial charge in [0.15, 0.2) is 6.29 Å². The fourth-order valence-electron chi connectivity index (χ4n) is 6.54. The Bertz CT molecular complexity index is 978. The Morgan fingerprint density at radius 1 is 0.600 bits per heavy atom. The average molecular weight is 779 g/mol. The summed E-state index contributed by atoms with van der Waals surface area (Å²) in [6, 6.07) is 0. The van der Waals surface area contributed by atoms with Gasteiger partial charge in [-0.25, -0.2) is 0 Å². The van der Waals surface area contributed by atoms with Gasteiger partial charge in [0.2, 0.25) is 0 Å². The van der Waals surface area contributed by atoms with Crippen LogP contribution in [0.2, 0.25) is 0 Å². The third kappa shape index (κ3) is 29.1. The molecule has 9 heteroatoms. The van der Waals surface area contributed by atoms with Crippen LogP contribution in [0.5, 0.6) is 0 Å². The van der Waals surface area contributed by atoms with Gasteiger partial charge in [-0.3, -0.25) is 4.79 Å². The first-order chi connectivity index (χ1) is 26.9. The minimum atomic E-state index is -1.54. The summed E-state index contributed by atoms with van der Waals surface area (Å²) in [5.41, 5.74) is 0. The SMILES string of the molecule is CC/C=C\C/C=C\C/C=C\C/C=C\CCCCCCCCCCC(=O)OC(COCCCCCCCCCCCCC)COC1OC(CO)C(O)C(O)C1O. The molecule has 9 nitrogen and oxygen atoms in total. The van der Waals surface area contributed by atoms with E-state index in [1.165, 1.54) is 89.9 Å². The van der Waals surface area contributed by atoms with Crippen LogP contribution in [-0.2, 0) is 23.7 Å². The zero-order chi connectivity index (χ0) is 40.0. The van der Waals surface area contributed by atoms with Crippen molar-refractivity contribution in [3.63, 3.8) is 0 Å². The first-order valence-electron chi connectivity index (χ1n) is 22.2. The number of esters is 1. The average Bonchev–Trinajstić information content (AvgIpc) is 3.18. The summed E-state index contributed by atoms with van der Waals surface area (Å²) in [7, 11) is 0. The molecule has 0 bridgehead atoms. The van der Waals surface area contributed by atoms with Crippen LogP contribution >= 0.6 is 0 Å². The molecule has 0 amide bonds. The normalized spacial score (nSPS) is 21.2. The molecule has 1 fully saturated rings. The number of carbonyl (C=O) groups is 1. The molecule has 0 aliphatic carbocycles. The molecule has 1 aliphatic rings. The highest BCUT2D eigenvalue weighted by molar-refractivity contribution is 5.69. The molecule has 4 N–H and O–H groups in total. The molecule has 0 saturated carbocycles. The minimum absolute atomic E-state index is 0.116. The number of aliphatic hydroxyl groups excluding tert-OH is 4. The Hall–Kier alpha value is -1.85. The van der Waals surface area contributed by atoms with E-state index in [-0.39, 0.29) is 19.2 Å². The maximum atomic E-state index is 12.8. The molecule has 1 heterocycles. The van der Waals surface area contributed by atoms with Gasteiger partial charge in [0.05, 0.1) is 19.8 Å². The van der Waals surface area contributed by atoms with Crippen molar-refractivity contribution in [3.8, 4) is 0 Å². The molecule has 0 aromatic heterocycles. The quantitative estimate of drug-likeness (QED) is 0.0276. The predicted molar refractivity (Wildman–Crippen MR) is 224 cm³/mol. The van der Waals surface area contributed by atoms with Crippen LogP contribution in [0.15, 0.2) is 48.6 Å². The van der Waals surface area contributed by atoms with E-state index in [1.807, 2.05) is 0 Å². The second kappa shape index (κ2) is 37.7. The highest BCUT2D eigenvalue weighted by atomic mass is 16.7. The second-order valence-corrected chi connectivity index (χ2v) is 15.1. The van der Waals surface area contributed by atoms with Crippen LogP contribution < -0.4 is 0 Å². The van der Waals surface area contributed by atoms with Gasteiger partial charge in [0.25, 0.3) is 0 Å². The maximum Gasteiger partial charge on any atom is 0.306 e. The Labute approximate surface area is 335 Å². The second-order valence-electron chi connectivity index (χ2n) is 15.1. The number of unbranched alkanes of at least 4 members (excludes halogenated alkanes) is 18. The number of hydrogen-bond acceptors (Lipinski definition) is 9. The van der Waals surface area contributed by atoms with E-state index in [1.54, 1.807) is 0 Å². The summed E-state index contributed by atoms with van der Waals surface area (Å²) in [4.78, 5) is 12.8. The highest BCUT2D eigenvalue weighted by Gasteiger charge is 2.44. The number of ether oxygens (including phenoxy) is 4. The van der Waals surface area contributed by atoms with E-state index < -0.39 is 43.4 Å². The molecule has 0 aromatic carbocycles. The van der Waals surface area contributed by atoms with E-state index in [9.17, 15) is 25.2 Å². The summed E-state index contributed by atoms with van der Waals surface area (Å²) < 4.78 is 22.8. The smallest absolute Gasteiger partial charge is 0.306 e. The van der Waals surface area contributed by atoms with Crippen molar-refractivity contribution in [1.29, 1.82) is 0 Å². The third-order valence-electron chi connectivity index (χ3n) is 10.0. The molecule has 6 atom stereocenters. The molecule has 1 aliphatic heterocycles. The van der Waals surface area contributed by atoms with Crippen molar-refractivity contribution >= 4 is 5.97 Å². The van der Waals surface area contributed by atoms with Crippen molar-refractivity contribution in [2.45, 2.75) is 211 Å². The standard InChI is InChI=1S/C46H82O9/c1-3-5-7-9-11-13-15-16-17-18-19-20-21-22-23-24-25-27-29-31-33-35-42(48)54-40(39-53-46-45(51)44(50)43(49)41(37-47)55-46)38-52-36-34-32-30-28-26-14-12-10-8-6-4-2/h5,7,11,13,16-17,19-20,40-41,43-47,49-51H,3-4,6,8-10,12,14-15,18,21-39H2,1-2H3/b7-5-,13-11-,17-16-,20-19-. The van der Waals surface area contributed by atoms with Crippen molar-refractivity contribution < 1.29 is 44.2 Å². The van der Waals surface area contributed by atoms with E-state index in [4.69, 9.17) is 18.9 Å². The van der Waals surface area contributed by atoms with Crippen LogP contribution in [0.1, 0.15) is 174 Å². The lowest BCUT2D eigenvalue weighted by molar-refractivity contribution is -0.305. The number of allylic oxidation sites excluding steroid dienone is 8. The maximum absolute atomic E-state index is 12.8. The molecule has 55 heavy (non-hydrogen) atoms. The first kappa shape index (κ1) is 51.2. The van der Waals surface area contributed by atoms with Gasteiger partial charge < -0.3 is 39.4 Å². The first-order valence-corrected chi connectivity index (χ1v) is 22.2. The van der Waals surface area contributed by atoms with Crippen LogP contribution in [0.3, 0.4) is 0 Å². The van der Waals surface area contributed by atoms with Gasteiger partial charge in [-0.15, -0.1) is 0 Å². The Morgan fingerprint density at radius 3 is 1.67 bits per heavy atom. The summed E-state index contributed by atoms with van der Waals surface area (Å²) >= 11 is 0. The molecular weight excluding hydrogens is 696 g/mol. The topological polar surface area (TPSA) is 135 Å². The zero-order valence-corrected chi connectivity index (χ0v) is 34.9. The van der Waals surface area contributed by atoms with Crippen molar-refractivity contribution in [3.05, 3.63) is 48.6 Å². The molecule has 6 unspecified atom stereocenters. The number of hydrogen-bond donors (Lipinski definition) is 4. The lowest BCUT2D eigenvalue weighted by atomic mass is 9.99. The fraction of sp³-hybridized carbons (Fsp3) is 0.804. The largest absolute Gasteiger partial charge is 0.457 e. The van der Waals surface area contributed by atoms with Gasteiger partial charge in [-0.05, 0) is 51.4 Å². The van der Waals surface area contributed by atoms with Crippen LogP contribution in [-0.4, -0.2) is 89.6 Å². The van der Waals surface area contributed by atoms with Gasteiger partial charge in [0, 0.05) is 13.0 Å². The summed E-state index contributed by atoms with van der Waals surface area (Å²) in [6.45, 7) is 4.43. The van der Waals surface area contributed by atoms with E-state index >= 15 is 0 Å². The van der Waals surface area contributed by atoms with Gasteiger partial charge in [-0.1, -0.05) is 165 Å². The molecule has 1 saturated heterocycles. The summed E-state index contributed by atoms with van der Waals surface area (Å²) in [6.07, 6.45) is 38.5. The Kier molecular flexibility index (Phi) is 35.1. The van der Waals surface area contributed by atoms with E-state index in [0.29, 0.717) is 13.0 Å². The van der Waals surface area contributed by atoms with Gasteiger partial charge >= 0.3 is 5.97 Å². The van der Waals surface area contributed by atoms with Crippen LogP contribution in [0.25, 0.3) is 0 Å². The fourth-order valence-corrected chi connectivity index (χ4v) is 6.54. The Morgan fingerprint density at radius 2 is 1.11 bits per heavy atom. The number of carbonyl (C=O) groups excluding carboxylic acids is 1. The van der Waals surface area contributed by atoms with Gasteiger partial charge in [-0.2, -0.15) is 0 Å². The lowest BCUT2D eigenvalue weighted by Gasteiger charge is -2.39. The third-order valence-corrected chi connectivity index (χ3v) is 10.0. The van der Waals surface area contributed by atoms with Crippen molar-refractivity contribution in [1.82, 2.24) is 0 Å². The number of rotatable bonds is 37.